The fraction of sp³-hybridized carbons (Fsp3) is 0.185. The van der Waals surface area contributed by atoms with Gasteiger partial charge < -0.3 is 35.7 Å². The quantitative estimate of drug-likeness (QED) is 0.277. The van der Waals surface area contributed by atoms with Gasteiger partial charge in [-0.05, 0) is 35.7 Å². The van der Waals surface area contributed by atoms with Crippen LogP contribution in [0.15, 0.2) is 67.4 Å². The van der Waals surface area contributed by atoms with Crippen LogP contribution in [0.3, 0.4) is 0 Å². The summed E-state index contributed by atoms with van der Waals surface area (Å²) < 4.78 is 18.8. The Bertz CT molecular complexity index is 1630. The Balaban J connectivity index is 1.43. The van der Waals surface area contributed by atoms with E-state index in [1.54, 1.807) is 44.9 Å². The number of hydrogen-bond donors (Lipinski definition) is 3. The zero-order valence-electron chi connectivity index (χ0n) is 20.5. The van der Waals surface area contributed by atoms with Gasteiger partial charge in [0.05, 0.1) is 43.0 Å². The normalized spacial score (nSPS) is 12.0. The molecule has 5 aromatic rings. The van der Waals surface area contributed by atoms with Crippen LogP contribution < -0.4 is 31.0 Å². The van der Waals surface area contributed by atoms with Gasteiger partial charge in [-0.3, -0.25) is 9.97 Å². The fourth-order valence-corrected chi connectivity index (χ4v) is 4.15. The lowest BCUT2D eigenvalue weighted by Gasteiger charge is -2.15. The van der Waals surface area contributed by atoms with Gasteiger partial charge in [-0.2, -0.15) is 0 Å². The molecule has 0 saturated heterocycles. The van der Waals surface area contributed by atoms with Crippen molar-refractivity contribution in [2.24, 2.45) is 5.73 Å². The van der Waals surface area contributed by atoms with Crippen molar-refractivity contribution in [1.29, 1.82) is 5.41 Å². The molecule has 0 aliphatic rings. The van der Waals surface area contributed by atoms with Crippen LogP contribution in [0.25, 0.3) is 32.9 Å². The molecule has 1 aromatic carbocycles. The molecular formula is C27H27N7O3. The lowest BCUT2D eigenvalue weighted by Crippen LogP contribution is -2.32. The summed E-state index contributed by atoms with van der Waals surface area (Å²) in [6, 6.07) is 10.7. The molecule has 0 bridgehead atoms. The largest absolute Gasteiger partial charge is 0.493 e. The van der Waals surface area contributed by atoms with E-state index in [1.807, 2.05) is 41.2 Å². The Kier molecular flexibility index (Phi) is 6.57. The topological polar surface area (TPSA) is 147 Å². The molecule has 0 amide bonds. The number of nitrogens with one attached hydrogen (secondary N) is 1. The molecule has 10 heteroatoms. The van der Waals surface area contributed by atoms with Crippen LogP contribution in [0.5, 0.6) is 17.2 Å². The summed E-state index contributed by atoms with van der Waals surface area (Å²) in [7, 11) is 3.19. The number of ether oxygens (including phenoxy) is 3. The third kappa shape index (κ3) is 5.00. The Labute approximate surface area is 213 Å². The third-order valence-electron chi connectivity index (χ3n) is 6.02. The van der Waals surface area contributed by atoms with E-state index in [4.69, 9.17) is 31.1 Å². The molecule has 5 rings (SSSR count). The number of hydrogen-bond acceptors (Lipinski definition) is 9. The van der Waals surface area contributed by atoms with Crippen LogP contribution in [0.1, 0.15) is 0 Å². The lowest BCUT2D eigenvalue weighted by atomic mass is 10.0. The SMILES string of the molecule is COc1cc2ncc3c(N)nc(-c4cncc(OC[C@H](N)Cn5ccc(=N)cc5)c4)cc3c2cc1OC. The molecule has 1 atom stereocenters. The number of pyridine rings is 4. The van der Waals surface area contributed by atoms with Crippen molar-refractivity contribution < 1.29 is 14.2 Å². The van der Waals surface area contributed by atoms with E-state index >= 15 is 0 Å². The standard InChI is InChI=1S/C27H27N7O3/c1-35-25-9-21-20-8-23(33-27(30)22(20)13-32-24(21)10-26(25)36-2)16-7-19(12-31-11-16)37-15-18(29)14-34-5-3-17(28)4-6-34/h3-13,18,28H,14-15,29H2,1-2H3,(H2,30,33)/t18-/m1/s1. The van der Waals surface area contributed by atoms with E-state index in [1.165, 1.54) is 0 Å². The summed E-state index contributed by atoms with van der Waals surface area (Å²) in [4.78, 5) is 13.5. The monoisotopic (exact) mass is 497 g/mol. The number of aromatic nitrogens is 4. The van der Waals surface area contributed by atoms with Gasteiger partial charge in [0, 0.05) is 53.7 Å². The van der Waals surface area contributed by atoms with E-state index < -0.39 is 0 Å². The predicted octanol–water partition coefficient (Wildman–Crippen LogP) is 3.13. The lowest BCUT2D eigenvalue weighted by molar-refractivity contribution is 0.274. The maximum absolute atomic E-state index is 7.59. The molecule has 4 aromatic heterocycles. The van der Waals surface area contributed by atoms with Gasteiger partial charge in [0.2, 0.25) is 0 Å². The van der Waals surface area contributed by atoms with Crippen molar-refractivity contribution in [3.63, 3.8) is 0 Å². The predicted molar refractivity (Wildman–Crippen MR) is 142 cm³/mol. The maximum Gasteiger partial charge on any atom is 0.162 e. The molecule has 188 valence electrons. The molecule has 10 nitrogen and oxygen atoms in total. The summed E-state index contributed by atoms with van der Waals surface area (Å²) in [5.41, 5.74) is 14.8. The van der Waals surface area contributed by atoms with Crippen LogP contribution in [0, 0.1) is 5.41 Å². The van der Waals surface area contributed by atoms with Crippen molar-refractivity contribution in [2.75, 3.05) is 26.6 Å². The third-order valence-corrected chi connectivity index (χ3v) is 6.02. The number of fused-ring (bicyclic) bond motifs is 3. The minimum atomic E-state index is -0.245. The van der Waals surface area contributed by atoms with Crippen LogP contribution in [-0.2, 0) is 6.54 Å². The number of nitrogens with two attached hydrogens (primary N) is 2. The zero-order valence-corrected chi connectivity index (χ0v) is 20.5. The van der Waals surface area contributed by atoms with Crippen LogP contribution in [0.4, 0.5) is 5.82 Å². The van der Waals surface area contributed by atoms with Gasteiger partial charge >= 0.3 is 0 Å². The van der Waals surface area contributed by atoms with Gasteiger partial charge in [0.15, 0.2) is 11.5 Å². The Morgan fingerprint density at radius 1 is 0.946 bits per heavy atom. The van der Waals surface area contributed by atoms with Gasteiger partial charge in [-0.25, -0.2) is 4.98 Å². The minimum absolute atomic E-state index is 0.245. The highest BCUT2D eigenvalue weighted by atomic mass is 16.5. The summed E-state index contributed by atoms with van der Waals surface area (Å²) in [6.45, 7) is 0.859. The van der Waals surface area contributed by atoms with E-state index in [0.717, 1.165) is 27.2 Å². The fourth-order valence-electron chi connectivity index (χ4n) is 4.15. The molecule has 5 N–H and O–H groups in total. The van der Waals surface area contributed by atoms with Crippen LogP contribution >= 0.6 is 0 Å². The summed E-state index contributed by atoms with van der Waals surface area (Å²) in [6.07, 6.45) is 8.71. The average molecular weight is 498 g/mol. The van der Waals surface area contributed by atoms with Crippen molar-refractivity contribution >= 4 is 27.5 Å². The zero-order chi connectivity index (χ0) is 25.9. The molecule has 0 fully saturated rings. The number of methoxy groups -OCH3 is 2. The molecule has 0 aliphatic carbocycles. The summed E-state index contributed by atoms with van der Waals surface area (Å²) in [5.74, 6) is 2.14. The highest BCUT2D eigenvalue weighted by Gasteiger charge is 2.14. The number of anilines is 1. The number of benzene rings is 1. The second kappa shape index (κ2) is 10.1. The van der Waals surface area contributed by atoms with Gasteiger partial charge in [-0.1, -0.05) is 0 Å². The van der Waals surface area contributed by atoms with E-state index in [-0.39, 0.29) is 6.04 Å². The Morgan fingerprint density at radius 3 is 2.46 bits per heavy atom. The number of nitrogen functional groups attached to an aromatic ring is 1. The molecule has 4 heterocycles. The maximum atomic E-state index is 7.59. The second-order valence-corrected chi connectivity index (χ2v) is 8.60. The first kappa shape index (κ1) is 24.0. The molecule has 37 heavy (non-hydrogen) atoms. The first-order chi connectivity index (χ1) is 17.9. The molecule has 0 saturated carbocycles. The Hall–Kier alpha value is -4.70. The molecule has 0 spiro atoms. The summed E-state index contributed by atoms with van der Waals surface area (Å²) in [5, 5.41) is 10.5. The van der Waals surface area contributed by atoms with Crippen molar-refractivity contribution in [3.05, 3.63) is 72.7 Å². The Morgan fingerprint density at radius 2 is 1.70 bits per heavy atom. The molecule has 0 radical (unpaired) electrons. The highest BCUT2D eigenvalue weighted by Crippen LogP contribution is 2.37. The molecule has 0 aliphatic heterocycles. The summed E-state index contributed by atoms with van der Waals surface area (Å²) >= 11 is 0. The number of nitrogens with zero attached hydrogens (tertiary/aromatic N) is 4. The van der Waals surface area contributed by atoms with Crippen LogP contribution in [0.2, 0.25) is 0 Å². The second-order valence-electron chi connectivity index (χ2n) is 8.60. The molecular weight excluding hydrogens is 470 g/mol. The van der Waals surface area contributed by atoms with E-state index in [9.17, 15) is 0 Å². The van der Waals surface area contributed by atoms with Gasteiger partial charge in [0.1, 0.15) is 18.2 Å². The minimum Gasteiger partial charge on any atom is -0.493 e. The highest BCUT2D eigenvalue weighted by molar-refractivity contribution is 6.10. The van der Waals surface area contributed by atoms with Crippen LogP contribution in [-0.4, -0.2) is 46.4 Å². The van der Waals surface area contributed by atoms with Crippen molar-refractivity contribution in [2.45, 2.75) is 12.6 Å². The number of rotatable bonds is 8. The smallest absolute Gasteiger partial charge is 0.162 e. The van der Waals surface area contributed by atoms with Gasteiger partial charge in [-0.15, -0.1) is 0 Å². The van der Waals surface area contributed by atoms with Crippen molar-refractivity contribution in [3.8, 4) is 28.5 Å². The van der Waals surface area contributed by atoms with Gasteiger partial charge in [0.25, 0.3) is 0 Å². The molecule has 0 unspecified atom stereocenters. The first-order valence-electron chi connectivity index (χ1n) is 11.6. The average Bonchev–Trinajstić information content (AvgIpc) is 2.92. The van der Waals surface area contributed by atoms with E-state index in [0.29, 0.717) is 47.3 Å². The first-order valence-corrected chi connectivity index (χ1v) is 11.6. The van der Waals surface area contributed by atoms with E-state index in [2.05, 4.69) is 15.0 Å². The van der Waals surface area contributed by atoms with Crippen molar-refractivity contribution in [1.82, 2.24) is 19.5 Å².